The molecule has 6 nitrogen and oxygen atoms in total. The van der Waals surface area contributed by atoms with Gasteiger partial charge >= 0.3 is 0 Å². The Balaban J connectivity index is 2.24. The lowest BCUT2D eigenvalue weighted by Crippen LogP contribution is -2.12. The van der Waals surface area contributed by atoms with Gasteiger partial charge in [0.2, 0.25) is 0 Å². The molecule has 0 radical (unpaired) electrons. The molecule has 0 atom stereocenters. The molecule has 146 valence electrons. The molecule has 3 rings (SSSR count). The number of aromatic nitrogens is 1. The Hall–Kier alpha value is -3.06. The number of nitrogens with zero attached hydrogens (tertiary/aromatic N) is 2. The predicted molar refractivity (Wildman–Crippen MR) is 109 cm³/mol. The monoisotopic (exact) mass is 398 g/mol. The summed E-state index contributed by atoms with van der Waals surface area (Å²) in [5.74, 6) is 0.232. The molecule has 0 bridgehead atoms. The molecular formula is C21H22N2O4S. The summed E-state index contributed by atoms with van der Waals surface area (Å²) in [5, 5.41) is 0.546. The van der Waals surface area contributed by atoms with Crippen LogP contribution in [-0.4, -0.2) is 44.3 Å². The van der Waals surface area contributed by atoms with Gasteiger partial charge in [-0.3, -0.25) is 4.79 Å². The van der Waals surface area contributed by atoms with Crippen LogP contribution < -0.4 is 4.74 Å². The summed E-state index contributed by atoms with van der Waals surface area (Å²) in [6.45, 7) is 1.89. The van der Waals surface area contributed by atoms with Crippen LogP contribution >= 0.6 is 0 Å². The maximum Gasteiger partial charge on any atom is 0.268 e. The minimum Gasteiger partial charge on any atom is -0.497 e. The number of hydrogen-bond donors (Lipinski definition) is 0. The van der Waals surface area contributed by atoms with Crippen LogP contribution in [0.2, 0.25) is 0 Å². The van der Waals surface area contributed by atoms with E-state index in [1.165, 1.54) is 19.4 Å². The molecule has 0 aliphatic rings. The molecule has 2 aromatic carbocycles. The fraction of sp³-hybridized carbons (Fsp3) is 0.190. The lowest BCUT2D eigenvalue weighted by molar-refractivity contribution is 0.104. The Labute approximate surface area is 164 Å². The Bertz CT molecular complexity index is 1160. The number of methoxy groups -OCH3 is 1. The van der Waals surface area contributed by atoms with E-state index >= 15 is 0 Å². The Morgan fingerprint density at radius 3 is 2.39 bits per heavy atom. The smallest absolute Gasteiger partial charge is 0.268 e. The van der Waals surface area contributed by atoms with E-state index in [1.807, 2.05) is 6.92 Å². The van der Waals surface area contributed by atoms with Gasteiger partial charge in [0, 0.05) is 49.6 Å². The summed E-state index contributed by atoms with van der Waals surface area (Å²) in [5.41, 5.74) is 1.66. The van der Waals surface area contributed by atoms with Crippen molar-refractivity contribution in [1.29, 1.82) is 0 Å². The maximum atomic E-state index is 13.2. The van der Waals surface area contributed by atoms with Crippen LogP contribution in [0, 0.1) is 6.92 Å². The van der Waals surface area contributed by atoms with Gasteiger partial charge in [0.15, 0.2) is 5.78 Å². The number of carbonyl (C=O) groups excluding carboxylic acids is 1. The molecule has 0 spiro atoms. The van der Waals surface area contributed by atoms with E-state index in [0.717, 1.165) is 9.54 Å². The van der Waals surface area contributed by atoms with Crippen molar-refractivity contribution in [3.05, 3.63) is 72.1 Å². The first kappa shape index (κ1) is 19.7. The van der Waals surface area contributed by atoms with Crippen molar-refractivity contribution in [3.8, 4) is 5.75 Å². The van der Waals surface area contributed by atoms with Gasteiger partial charge < -0.3 is 9.64 Å². The van der Waals surface area contributed by atoms with Crippen molar-refractivity contribution in [3.63, 3.8) is 0 Å². The van der Waals surface area contributed by atoms with Gasteiger partial charge in [-0.1, -0.05) is 17.7 Å². The zero-order chi connectivity index (χ0) is 20.5. The summed E-state index contributed by atoms with van der Waals surface area (Å²) >= 11 is 0. The topological polar surface area (TPSA) is 68.6 Å². The molecule has 0 saturated heterocycles. The average molecular weight is 398 g/mol. The van der Waals surface area contributed by atoms with Crippen molar-refractivity contribution >= 4 is 26.7 Å². The van der Waals surface area contributed by atoms with Crippen molar-refractivity contribution in [1.82, 2.24) is 8.87 Å². The number of allylic oxidation sites excluding steroid dienone is 1. The number of rotatable bonds is 6. The first-order chi connectivity index (χ1) is 13.2. The average Bonchev–Trinajstić information content (AvgIpc) is 3.06. The lowest BCUT2D eigenvalue weighted by Gasteiger charge is -2.08. The van der Waals surface area contributed by atoms with E-state index < -0.39 is 10.0 Å². The highest BCUT2D eigenvalue weighted by atomic mass is 32.2. The third-order valence-corrected chi connectivity index (χ3v) is 6.03. The Kier molecular flexibility index (Phi) is 5.29. The molecule has 0 fully saturated rings. The van der Waals surface area contributed by atoms with Crippen LogP contribution in [0.1, 0.15) is 15.9 Å². The number of benzene rings is 2. The fourth-order valence-electron chi connectivity index (χ4n) is 2.83. The highest BCUT2D eigenvalue weighted by Gasteiger charge is 2.23. The molecule has 0 amide bonds. The second-order valence-corrected chi connectivity index (χ2v) is 8.50. The molecule has 28 heavy (non-hydrogen) atoms. The first-order valence-electron chi connectivity index (χ1n) is 8.64. The van der Waals surface area contributed by atoms with E-state index in [-0.39, 0.29) is 10.7 Å². The summed E-state index contributed by atoms with van der Waals surface area (Å²) in [6, 6.07) is 11.6. The van der Waals surface area contributed by atoms with Gasteiger partial charge in [0.05, 0.1) is 17.5 Å². The van der Waals surface area contributed by atoms with Crippen LogP contribution in [-0.2, 0) is 10.0 Å². The second-order valence-electron chi connectivity index (χ2n) is 6.68. The molecule has 1 aromatic heterocycles. The van der Waals surface area contributed by atoms with Crippen molar-refractivity contribution in [2.24, 2.45) is 0 Å². The zero-order valence-electron chi connectivity index (χ0n) is 16.2. The largest absolute Gasteiger partial charge is 0.497 e. The van der Waals surface area contributed by atoms with Gasteiger partial charge in [-0.15, -0.1) is 0 Å². The molecule has 0 saturated carbocycles. The highest BCUT2D eigenvalue weighted by Crippen LogP contribution is 2.29. The summed E-state index contributed by atoms with van der Waals surface area (Å²) < 4.78 is 32.9. The number of hydrogen-bond acceptors (Lipinski definition) is 5. The van der Waals surface area contributed by atoms with Crippen LogP contribution in [0.4, 0.5) is 0 Å². The number of fused-ring (bicyclic) bond motifs is 1. The first-order valence-corrected chi connectivity index (χ1v) is 10.1. The molecule has 3 aromatic rings. The van der Waals surface area contributed by atoms with Crippen LogP contribution in [0.3, 0.4) is 0 Å². The molecule has 0 N–H and O–H groups in total. The zero-order valence-corrected chi connectivity index (χ0v) is 17.0. The van der Waals surface area contributed by atoms with Crippen LogP contribution in [0.25, 0.3) is 10.9 Å². The number of aryl methyl sites for hydroxylation is 1. The second kappa shape index (κ2) is 7.52. The number of ether oxygens (including phenoxy) is 1. The summed E-state index contributed by atoms with van der Waals surface area (Å²) in [7, 11) is 1.24. The maximum absolute atomic E-state index is 13.2. The summed E-state index contributed by atoms with van der Waals surface area (Å²) in [4.78, 5) is 14.6. The van der Waals surface area contributed by atoms with Gasteiger partial charge in [-0.25, -0.2) is 12.4 Å². The number of carbonyl (C=O) groups is 1. The Morgan fingerprint density at radius 2 is 1.79 bits per heavy atom. The standard InChI is InChI=1S/C21H22N2O4S/c1-15-5-8-17(9-6-15)28(25,26)23-14-19(21(24)11-12-22(2)3)18-10-7-16(27-4)13-20(18)23/h5-14H,1-4H3/b12-11+. The van der Waals surface area contributed by atoms with E-state index in [1.54, 1.807) is 67.7 Å². The van der Waals surface area contributed by atoms with E-state index in [4.69, 9.17) is 4.74 Å². The van der Waals surface area contributed by atoms with Crippen molar-refractivity contribution < 1.29 is 17.9 Å². The van der Waals surface area contributed by atoms with Gasteiger partial charge in [0.25, 0.3) is 10.0 Å². The molecule has 0 unspecified atom stereocenters. The minimum atomic E-state index is -3.88. The van der Waals surface area contributed by atoms with Crippen molar-refractivity contribution in [2.45, 2.75) is 11.8 Å². The number of ketones is 1. The third-order valence-electron chi connectivity index (χ3n) is 4.35. The highest BCUT2D eigenvalue weighted by molar-refractivity contribution is 7.90. The normalized spacial score (nSPS) is 11.9. The molecular weight excluding hydrogens is 376 g/mol. The minimum absolute atomic E-state index is 0.153. The fourth-order valence-corrected chi connectivity index (χ4v) is 4.19. The molecule has 1 heterocycles. The van der Waals surface area contributed by atoms with E-state index in [9.17, 15) is 13.2 Å². The molecule has 7 heteroatoms. The van der Waals surface area contributed by atoms with E-state index in [2.05, 4.69) is 0 Å². The lowest BCUT2D eigenvalue weighted by atomic mass is 10.1. The summed E-state index contributed by atoms with van der Waals surface area (Å²) in [6.07, 6.45) is 4.42. The SMILES string of the molecule is COc1ccc2c(C(=O)/C=C/N(C)C)cn(S(=O)(=O)c3ccc(C)cc3)c2c1. The van der Waals surface area contributed by atoms with E-state index in [0.29, 0.717) is 22.2 Å². The van der Waals surface area contributed by atoms with Gasteiger partial charge in [0.1, 0.15) is 5.75 Å². The predicted octanol–water partition coefficient (Wildman–Crippen LogP) is 3.45. The third kappa shape index (κ3) is 3.66. The molecule has 0 aliphatic carbocycles. The van der Waals surface area contributed by atoms with Crippen LogP contribution in [0.5, 0.6) is 5.75 Å². The van der Waals surface area contributed by atoms with Gasteiger partial charge in [-0.05, 0) is 31.2 Å². The Morgan fingerprint density at radius 1 is 1.11 bits per heavy atom. The van der Waals surface area contributed by atoms with Gasteiger partial charge in [-0.2, -0.15) is 0 Å². The molecule has 0 aliphatic heterocycles. The van der Waals surface area contributed by atoms with Crippen LogP contribution in [0.15, 0.2) is 65.8 Å². The quantitative estimate of drug-likeness (QED) is 0.470. The van der Waals surface area contributed by atoms with Crippen molar-refractivity contribution in [2.75, 3.05) is 21.2 Å².